The number of allylic oxidation sites excluding steroid dienone is 2. The van der Waals surface area contributed by atoms with Crippen LogP contribution < -0.4 is 0 Å². The maximum absolute atomic E-state index is 2.29. The van der Waals surface area contributed by atoms with Gasteiger partial charge in [0.05, 0.1) is 0 Å². The van der Waals surface area contributed by atoms with Crippen LogP contribution in [0.4, 0.5) is 0 Å². The van der Waals surface area contributed by atoms with E-state index >= 15 is 0 Å². The number of benzene rings is 2. The van der Waals surface area contributed by atoms with E-state index < -0.39 is 0 Å². The molecule has 2 aromatic carbocycles. The van der Waals surface area contributed by atoms with Crippen LogP contribution >= 0.6 is 0 Å². The zero-order valence-corrected chi connectivity index (χ0v) is 11.6. The van der Waals surface area contributed by atoms with E-state index in [1.165, 1.54) is 33.4 Å². The predicted molar refractivity (Wildman–Crippen MR) is 80.7 cm³/mol. The van der Waals surface area contributed by atoms with Crippen LogP contribution in [-0.4, -0.2) is 0 Å². The quantitative estimate of drug-likeness (QED) is 0.655. The summed E-state index contributed by atoms with van der Waals surface area (Å²) in [6, 6.07) is 15.4. The van der Waals surface area contributed by atoms with Gasteiger partial charge in [-0.15, -0.1) is 0 Å². The van der Waals surface area contributed by atoms with Crippen LogP contribution in [0.25, 0.3) is 16.7 Å². The van der Waals surface area contributed by atoms with Crippen molar-refractivity contribution in [2.24, 2.45) is 0 Å². The van der Waals surface area contributed by atoms with Crippen molar-refractivity contribution in [3.63, 3.8) is 0 Å². The average molecular weight is 236 g/mol. The highest BCUT2D eigenvalue weighted by molar-refractivity contribution is 5.73. The Balaban J connectivity index is 2.54. The molecule has 0 atom stereocenters. The second-order valence-corrected chi connectivity index (χ2v) is 4.87. The largest absolute Gasteiger partial charge is 0.0841 e. The van der Waals surface area contributed by atoms with Gasteiger partial charge in [0, 0.05) is 0 Å². The van der Waals surface area contributed by atoms with E-state index in [0.29, 0.717) is 0 Å². The first-order chi connectivity index (χ1) is 8.61. The van der Waals surface area contributed by atoms with Gasteiger partial charge in [-0.1, -0.05) is 48.0 Å². The molecule has 0 amide bonds. The Morgan fingerprint density at radius 3 is 2.33 bits per heavy atom. The van der Waals surface area contributed by atoms with E-state index in [1.54, 1.807) is 0 Å². The number of aryl methyl sites for hydroxylation is 2. The molecule has 0 saturated heterocycles. The van der Waals surface area contributed by atoms with Gasteiger partial charge in [0.25, 0.3) is 0 Å². The lowest BCUT2D eigenvalue weighted by molar-refractivity contribution is 1.39. The van der Waals surface area contributed by atoms with Crippen LogP contribution in [0.15, 0.2) is 48.5 Å². The molecule has 0 aliphatic carbocycles. The predicted octanol–water partition coefficient (Wildman–Crippen LogP) is 5.39. The molecule has 18 heavy (non-hydrogen) atoms. The van der Waals surface area contributed by atoms with Gasteiger partial charge in [0.2, 0.25) is 0 Å². The Morgan fingerprint density at radius 1 is 0.944 bits per heavy atom. The summed E-state index contributed by atoms with van der Waals surface area (Å²) in [4.78, 5) is 0. The standard InChI is InChI=1S/C18H20/c1-5-14(3)18-12-17(10-9-15(18)4)16-8-6-7-13(2)11-16/h5-12H,1-4H3/b14-5+. The SMILES string of the molecule is C/C=C(\C)c1cc(-c2cccc(C)c2)ccc1C. The normalized spacial score (nSPS) is 11.7. The lowest BCUT2D eigenvalue weighted by Crippen LogP contribution is -1.88. The minimum atomic E-state index is 1.29. The van der Waals surface area contributed by atoms with E-state index in [-0.39, 0.29) is 0 Å². The van der Waals surface area contributed by atoms with Crippen molar-refractivity contribution in [2.45, 2.75) is 27.7 Å². The molecule has 0 heterocycles. The fourth-order valence-corrected chi connectivity index (χ4v) is 2.21. The first-order valence-electron chi connectivity index (χ1n) is 6.43. The topological polar surface area (TPSA) is 0 Å². The molecule has 2 rings (SSSR count). The maximum Gasteiger partial charge on any atom is -0.0178 e. The van der Waals surface area contributed by atoms with Gasteiger partial charge in [-0.05, 0) is 61.6 Å². The number of hydrogen-bond donors (Lipinski definition) is 0. The summed E-state index contributed by atoms with van der Waals surface area (Å²) in [6.07, 6.45) is 2.17. The summed E-state index contributed by atoms with van der Waals surface area (Å²) in [6.45, 7) is 8.56. The van der Waals surface area contributed by atoms with E-state index in [2.05, 4.69) is 76.2 Å². The van der Waals surface area contributed by atoms with Gasteiger partial charge in [-0.3, -0.25) is 0 Å². The summed E-state index contributed by atoms with van der Waals surface area (Å²) in [5, 5.41) is 0. The van der Waals surface area contributed by atoms with Crippen LogP contribution in [0.1, 0.15) is 30.5 Å². The maximum atomic E-state index is 2.29. The smallest absolute Gasteiger partial charge is 0.0178 e. The van der Waals surface area contributed by atoms with Gasteiger partial charge < -0.3 is 0 Å². The molecular weight excluding hydrogens is 216 g/mol. The van der Waals surface area contributed by atoms with Gasteiger partial charge in [-0.2, -0.15) is 0 Å². The molecule has 0 fully saturated rings. The molecule has 0 spiro atoms. The van der Waals surface area contributed by atoms with E-state index in [4.69, 9.17) is 0 Å². The fourth-order valence-electron chi connectivity index (χ4n) is 2.21. The van der Waals surface area contributed by atoms with Crippen LogP contribution in [0.5, 0.6) is 0 Å². The van der Waals surface area contributed by atoms with Crippen molar-refractivity contribution >= 4 is 5.57 Å². The Morgan fingerprint density at radius 2 is 1.67 bits per heavy atom. The van der Waals surface area contributed by atoms with Gasteiger partial charge >= 0.3 is 0 Å². The average Bonchev–Trinajstić information content (AvgIpc) is 2.38. The molecule has 0 N–H and O–H groups in total. The van der Waals surface area contributed by atoms with Crippen molar-refractivity contribution in [3.8, 4) is 11.1 Å². The van der Waals surface area contributed by atoms with Gasteiger partial charge in [-0.25, -0.2) is 0 Å². The zero-order valence-electron chi connectivity index (χ0n) is 11.6. The van der Waals surface area contributed by atoms with Crippen molar-refractivity contribution in [3.05, 3.63) is 65.2 Å². The highest BCUT2D eigenvalue weighted by Gasteiger charge is 2.04. The van der Waals surface area contributed by atoms with Crippen molar-refractivity contribution in [1.82, 2.24) is 0 Å². The molecule has 0 aliphatic heterocycles. The van der Waals surface area contributed by atoms with Gasteiger partial charge in [0.1, 0.15) is 0 Å². The second-order valence-electron chi connectivity index (χ2n) is 4.87. The van der Waals surface area contributed by atoms with E-state index in [1.807, 2.05) is 0 Å². The summed E-state index contributed by atoms with van der Waals surface area (Å²) in [7, 11) is 0. The first-order valence-corrected chi connectivity index (χ1v) is 6.43. The van der Waals surface area contributed by atoms with E-state index in [9.17, 15) is 0 Å². The van der Waals surface area contributed by atoms with E-state index in [0.717, 1.165) is 0 Å². The molecule has 0 aromatic heterocycles. The third-order valence-electron chi connectivity index (χ3n) is 3.45. The van der Waals surface area contributed by atoms with Crippen molar-refractivity contribution < 1.29 is 0 Å². The number of rotatable bonds is 2. The third kappa shape index (κ3) is 2.53. The van der Waals surface area contributed by atoms with Crippen LogP contribution in [0.3, 0.4) is 0 Å². The molecule has 92 valence electrons. The lowest BCUT2D eigenvalue weighted by atomic mass is 9.95. The fraction of sp³-hybridized carbons (Fsp3) is 0.222. The molecule has 0 heteroatoms. The molecule has 0 saturated carbocycles. The highest BCUT2D eigenvalue weighted by Crippen LogP contribution is 2.26. The first kappa shape index (κ1) is 12.6. The number of hydrogen-bond acceptors (Lipinski definition) is 0. The zero-order chi connectivity index (χ0) is 13.1. The van der Waals surface area contributed by atoms with Gasteiger partial charge in [0.15, 0.2) is 0 Å². The van der Waals surface area contributed by atoms with Crippen molar-refractivity contribution in [2.75, 3.05) is 0 Å². The molecule has 0 radical (unpaired) electrons. The highest BCUT2D eigenvalue weighted by atomic mass is 14.1. The minimum Gasteiger partial charge on any atom is -0.0841 e. The summed E-state index contributed by atoms with van der Waals surface area (Å²) < 4.78 is 0. The van der Waals surface area contributed by atoms with Crippen LogP contribution in [-0.2, 0) is 0 Å². The summed E-state index contributed by atoms with van der Waals surface area (Å²) in [5.41, 5.74) is 7.90. The van der Waals surface area contributed by atoms with Crippen LogP contribution in [0.2, 0.25) is 0 Å². The Hall–Kier alpha value is -1.82. The minimum absolute atomic E-state index is 1.29. The summed E-state index contributed by atoms with van der Waals surface area (Å²) in [5.74, 6) is 0. The monoisotopic (exact) mass is 236 g/mol. The summed E-state index contributed by atoms with van der Waals surface area (Å²) >= 11 is 0. The molecule has 2 aromatic rings. The lowest BCUT2D eigenvalue weighted by Gasteiger charge is -2.10. The molecule has 0 bridgehead atoms. The molecule has 0 unspecified atom stereocenters. The molecular formula is C18H20. The molecule has 0 nitrogen and oxygen atoms in total. The Labute approximate surface area is 110 Å². The molecule has 0 aliphatic rings. The van der Waals surface area contributed by atoms with Crippen LogP contribution in [0, 0.1) is 13.8 Å². The Bertz CT molecular complexity index is 589. The van der Waals surface area contributed by atoms with Crippen molar-refractivity contribution in [1.29, 1.82) is 0 Å². The third-order valence-corrected chi connectivity index (χ3v) is 3.45. The second kappa shape index (κ2) is 5.22. The Kier molecular flexibility index (Phi) is 3.66.